The molecule has 1 aliphatic heterocycles. The standard InChI is InChI=1S/C29H35N9O2/c1-4-13-36-15-11-22(12-16-36)40-26-8-6-7-25(34-26)38-27-23(28(39)37(38)14-5-2)19-32-29(35-27)33-21-9-10-24(31-3)20(17-21)18-30/h5-10,17-19,22,30-31H,2,4,11-16H2,1,3H3,(H,32,33,35). The zero-order valence-corrected chi connectivity index (χ0v) is 22.9. The minimum atomic E-state index is -0.234. The van der Waals surface area contributed by atoms with Crippen LogP contribution in [0, 0.1) is 5.41 Å². The maximum atomic E-state index is 13.3. The first kappa shape index (κ1) is 27.1. The van der Waals surface area contributed by atoms with Gasteiger partial charge in [-0.3, -0.25) is 4.79 Å². The van der Waals surface area contributed by atoms with Gasteiger partial charge in [-0.2, -0.15) is 9.97 Å². The summed E-state index contributed by atoms with van der Waals surface area (Å²) in [5.74, 6) is 1.35. The number of ether oxygens (including phenoxy) is 1. The lowest BCUT2D eigenvalue weighted by Crippen LogP contribution is -2.38. The van der Waals surface area contributed by atoms with Crippen molar-refractivity contribution < 1.29 is 4.74 Å². The van der Waals surface area contributed by atoms with Gasteiger partial charge in [-0.25, -0.2) is 14.3 Å². The van der Waals surface area contributed by atoms with Crippen molar-refractivity contribution in [1.82, 2.24) is 29.2 Å². The number of benzene rings is 1. The molecule has 0 aliphatic carbocycles. The molecule has 0 radical (unpaired) electrons. The largest absolute Gasteiger partial charge is 0.474 e. The second-order valence-electron chi connectivity index (χ2n) is 9.73. The molecule has 1 saturated heterocycles. The van der Waals surface area contributed by atoms with Crippen LogP contribution >= 0.6 is 0 Å². The SMILES string of the molecule is C=CCn1c(=O)c2cnc(Nc3ccc(NC)c(C=N)c3)nc2n1-c1cccc(OC2CCN(CCC)CC2)n1. The number of rotatable bonds is 11. The fourth-order valence-corrected chi connectivity index (χ4v) is 5.05. The van der Waals surface area contributed by atoms with Crippen molar-refractivity contribution in [1.29, 1.82) is 5.41 Å². The highest BCUT2D eigenvalue weighted by Gasteiger charge is 2.22. The Morgan fingerprint density at radius 1 is 1.20 bits per heavy atom. The molecule has 0 saturated carbocycles. The molecule has 0 bridgehead atoms. The van der Waals surface area contributed by atoms with E-state index < -0.39 is 0 Å². The average molecular weight is 542 g/mol. The quantitative estimate of drug-likeness (QED) is 0.191. The predicted molar refractivity (Wildman–Crippen MR) is 159 cm³/mol. The van der Waals surface area contributed by atoms with E-state index in [1.54, 1.807) is 15.4 Å². The molecule has 3 N–H and O–H groups in total. The number of nitrogens with one attached hydrogen (secondary N) is 3. The molecule has 0 amide bonds. The lowest BCUT2D eigenvalue weighted by atomic mass is 10.1. The van der Waals surface area contributed by atoms with Crippen LogP contribution in [0.1, 0.15) is 31.7 Å². The van der Waals surface area contributed by atoms with Gasteiger partial charge in [0, 0.05) is 55.6 Å². The van der Waals surface area contributed by atoms with E-state index in [1.807, 2.05) is 43.4 Å². The first-order chi connectivity index (χ1) is 19.5. The molecule has 0 atom stereocenters. The monoisotopic (exact) mass is 541 g/mol. The summed E-state index contributed by atoms with van der Waals surface area (Å²) in [6.07, 6.45) is 7.63. The van der Waals surface area contributed by atoms with Gasteiger partial charge >= 0.3 is 0 Å². The van der Waals surface area contributed by atoms with E-state index in [1.165, 1.54) is 12.4 Å². The number of anilines is 3. The van der Waals surface area contributed by atoms with E-state index in [0.29, 0.717) is 28.7 Å². The first-order valence-corrected chi connectivity index (χ1v) is 13.6. The van der Waals surface area contributed by atoms with Gasteiger partial charge in [0.05, 0.1) is 6.54 Å². The van der Waals surface area contributed by atoms with Gasteiger partial charge < -0.3 is 25.7 Å². The normalized spacial score (nSPS) is 14.2. The van der Waals surface area contributed by atoms with Crippen molar-refractivity contribution in [2.24, 2.45) is 0 Å². The summed E-state index contributed by atoms with van der Waals surface area (Å²) in [5.41, 5.74) is 2.46. The zero-order chi connectivity index (χ0) is 28.1. The van der Waals surface area contributed by atoms with Crippen molar-refractivity contribution in [2.75, 3.05) is 37.3 Å². The lowest BCUT2D eigenvalue weighted by Gasteiger charge is -2.31. The number of piperidine rings is 1. The zero-order valence-electron chi connectivity index (χ0n) is 22.9. The van der Waals surface area contributed by atoms with Crippen LogP contribution < -0.4 is 20.9 Å². The Morgan fingerprint density at radius 3 is 2.75 bits per heavy atom. The Labute approximate surface area is 233 Å². The molecule has 208 valence electrons. The number of allylic oxidation sites excluding steroid dienone is 1. The van der Waals surface area contributed by atoms with E-state index in [0.717, 1.165) is 55.8 Å². The molecule has 1 aromatic carbocycles. The minimum Gasteiger partial charge on any atom is -0.474 e. The lowest BCUT2D eigenvalue weighted by molar-refractivity contribution is 0.0969. The summed E-state index contributed by atoms with van der Waals surface area (Å²) in [4.78, 5) is 29.7. The van der Waals surface area contributed by atoms with Gasteiger partial charge in [0.25, 0.3) is 5.56 Å². The number of hydrogen-bond acceptors (Lipinski definition) is 9. The number of aromatic nitrogens is 5. The predicted octanol–water partition coefficient (Wildman–Crippen LogP) is 4.20. The number of pyridine rings is 1. The topological polar surface area (TPSA) is 126 Å². The smallest absolute Gasteiger partial charge is 0.278 e. The maximum absolute atomic E-state index is 13.3. The number of hydrogen-bond donors (Lipinski definition) is 3. The van der Waals surface area contributed by atoms with Crippen molar-refractivity contribution in [2.45, 2.75) is 38.8 Å². The summed E-state index contributed by atoms with van der Waals surface area (Å²) < 4.78 is 9.51. The molecule has 3 aromatic heterocycles. The van der Waals surface area contributed by atoms with Crippen LogP contribution in [0.4, 0.5) is 17.3 Å². The molecule has 5 rings (SSSR count). The molecule has 11 nitrogen and oxygen atoms in total. The molecule has 4 aromatic rings. The Kier molecular flexibility index (Phi) is 8.20. The highest BCUT2D eigenvalue weighted by atomic mass is 16.5. The van der Waals surface area contributed by atoms with Crippen LogP contribution in [0.2, 0.25) is 0 Å². The Balaban J connectivity index is 1.48. The van der Waals surface area contributed by atoms with E-state index in [4.69, 9.17) is 20.1 Å². The number of fused-ring (bicyclic) bond motifs is 1. The molecular weight excluding hydrogens is 506 g/mol. The van der Waals surface area contributed by atoms with Crippen LogP contribution in [0.25, 0.3) is 16.9 Å². The molecule has 1 aliphatic rings. The van der Waals surface area contributed by atoms with Crippen LogP contribution in [-0.2, 0) is 6.54 Å². The second kappa shape index (κ2) is 12.1. The van der Waals surface area contributed by atoms with Crippen LogP contribution in [0.15, 0.2) is 60.0 Å². The summed E-state index contributed by atoms with van der Waals surface area (Å²) in [5, 5.41) is 14.3. The van der Waals surface area contributed by atoms with Crippen molar-refractivity contribution in [3.05, 3.63) is 71.2 Å². The van der Waals surface area contributed by atoms with Gasteiger partial charge in [-0.05, 0) is 50.1 Å². The maximum Gasteiger partial charge on any atom is 0.278 e. The minimum absolute atomic E-state index is 0.103. The summed E-state index contributed by atoms with van der Waals surface area (Å²) >= 11 is 0. The van der Waals surface area contributed by atoms with Gasteiger partial charge in [-0.1, -0.05) is 19.1 Å². The highest BCUT2D eigenvalue weighted by molar-refractivity contribution is 5.88. The molecule has 40 heavy (non-hydrogen) atoms. The third-order valence-corrected chi connectivity index (χ3v) is 7.00. The van der Waals surface area contributed by atoms with E-state index in [2.05, 4.69) is 34.0 Å². The van der Waals surface area contributed by atoms with Crippen molar-refractivity contribution >= 4 is 34.6 Å². The molecular formula is C29H35N9O2. The Morgan fingerprint density at radius 2 is 2.02 bits per heavy atom. The fourth-order valence-electron chi connectivity index (χ4n) is 5.05. The Hall–Kier alpha value is -4.51. The number of likely N-dealkylation sites (tertiary alicyclic amines) is 1. The van der Waals surface area contributed by atoms with E-state index in [-0.39, 0.29) is 18.2 Å². The molecule has 0 unspecified atom stereocenters. The van der Waals surface area contributed by atoms with E-state index >= 15 is 0 Å². The van der Waals surface area contributed by atoms with Gasteiger partial charge in [0.15, 0.2) is 11.5 Å². The van der Waals surface area contributed by atoms with Crippen molar-refractivity contribution in [3.8, 4) is 11.7 Å². The summed E-state index contributed by atoms with van der Waals surface area (Å²) in [6.45, 7) is 9.46. The first-order valence-electron chi connectivity index (χ1n) is 13.6. The summed E-state index contributed by atoms with van der Waals surface area (Å²) in [6, 6.07) is 11.1. The average Bonchev–Trinajstić information content (AvgIpc) is 3.25. The van der Waals surface area contributed by atoms with Crippen LogP contribution in [-0.4, -0.2) is 68.2 Å². The van der Waals surface area contributed by atoms with Gasteiger partial charge in [-0.15, -0.1) is 6.58 Å². The third-order valence-electron chi connectivity index (χ3n) is 7.00. The molecule has 11 heteroatoms. The van der Waals surface area contributed by atoms with E-state index in [9.17, 15) is 4.79 Å². The second-order valence-corrected chi connectivity index (χ2v) is 9.73. The molecule has 4 heterocycles. The van der Waals surface area contributed by atoms with Gasteiger partial charge in [0.2, 0.25) is 11.8 Å². The van der Waals surface area contributed by atoms with Crippen molar-refractivity contribution in [3.63, 3.8) is 0 Å². The number of nitrogens with zero attached hydrogens (tertiary/aromatic N) is 6. The fraction of sp³-hybridized carbons (Fsp3) is 0.345. The summed E-state index contributed by atoms with van der Waals surface area (Å²) in [7, 11) is 1.81. The highest BCUT2D eigenvalue weighted by Crippen LogP contribution is 2.24. The molecule has 1 fully saturated rings. The van der Waals surface area contributed by atoms with Crippen LogP contribution in [0.5, 0.6) is 5.88 Å². The van der Waals surface area contributed by atoms with Gasteiger partial charge in [0.1, 0.15) is 11.5 Å². The Bertz CT molecular complexity index is 1570. The molecule has 0 spiro atoms. The van der Waals surface area contributed by atoms with Crippen LogP contribution in [0.3, 0.4) is 0 Å². The third kappa shape index (κ3) is 5.59.